The highest BCUT2D eigenvalue weighted by Crippen LogP contribution is 2.25. The van der Waals surface area contributed by atoms with Crippen LogP contribution < -0.4 is 10.6 Å². The Kier molecular flexibility index (Phi) is 5.80. The van der Waals surface area contributed by atoms with Gasteiger partial charge in [0, 0.05) is 12.0 Å². The molecule has 1 aromatic heterocycles. The monoisotopic (exact) mass is 407 g/mol. The summed E-state index contributed by atoms with van der Waals surface area (Å²) in [4.78, 5) is 24.6. The van der Waals surface area contributed by atoms with Gasteiger partial charge in [0.05, 0.1) is 30.2 Å². The van der Waals surface area contributed by atoms with Gasteiger partial charge < -0.3 is 20.3 Å². The lowest BCUT2D eigenvalue weighted by Gasteiger charge is -2.20. The van der Waals surface area contributed by atoms with Gasteiger partial charge in [-0.2, -0.15) is 0 Å². The van der Waals surface area contributed by atoms with Gasteiger partial charge >= 0.3 is 0 Å². The highest BCUT2D eigenvalue weighted by molar-refractivity contribution is 7.91. The van der Waals surface area contributed by atoms with E-state index in [4.69, 9.17) is 9.63 Å². The maximum atomic E-state index is 12.9. The Labute approximate surface area is 162 Å². The number of rotatable bonds is 6. The first-order chi connectivity index (χ1) is 13.3. The fourth-order valence-corrected chi connectivity index (χ4v) is 5.05. The van der Waals surface area contributed by atoms with Gasteiger partial charge in [0.15, 0.2) is 9.84 Å². The van der Waals surface area contributed by atoms with Crippen LogP contribution in [0, 0.1) is 6.92 Å². The molecule has 1 aromatic carbocycles. The molecule has 0 spiro atoms. The molecule has 3 N–H and O–H groups in total. The number of nitrogens with zero attached hydrogens (tertiary/aromatic N) is 1. The smallest absolute Gasteiger partial charge is 0.257 e. The molecule has 1 aliphatic rings. The van der Waals surface area contributed by atoms with Gasteiger partial charge in [0.1, 0.15) is 17.0 Å². The van der Waals surface area contributed by atoms with Crippen molar-refractivity contribution in [1.82, 2.24) is 15.8 Å². The molecule has 0 saturated carbocycles. The first-order valence-electron chi connectivity index (χ1n) is 8.74. The predicted octanol–water partition coefficient (Wildman–Crippen LogP) is 0.0440. The van der Waals surface area contributed by atoms with E-state index in [1.165, 1.54) is 0 Å². The zero-order valence-electron chi connectivity index (χ0n) is 15.2. The first-order valence-corrected chi connectivity index (χ1v) is 10.6. The summed E-state index contributed by atoms with van der Waals surface area (Å²) in [5.74, 6) is -1.26. The highest BCUT2D eigenvalue weighted by atomic mass is 32.2. The van der Waals surface area contributed by atoms with Crippen LogP contribution in [0.4, 0.5) is 0 Å². The second-order valence-corrected chi connectivity index (χ2v) is 8.79. The summed E-state index contributed by atoms with van der Waals surface area (Å²) >= 11 is 0. The summed E-state index contributed by atoms with van der Waals surface area (Å²) in [7, 11) is -3.42. The third-order valence-electron chi connectivity index (χ3n) is 4.49. The average Bonchev–Trinajstić information content (AvgIpc) is 3.15. The summed E-state index contributed by atoms with van der Waals surface area (Å²) < 4.78 is 29.2. The Hall–Kier alpha value is -2.72. The van der Waals surface area contributed by atoms with Gasteiger partial charge in [-0.25, -0.2) is 8.42 Å². The van der Waals surface area contributed by atoms with E-state index in [1.807, 2.05) is 6.07 Å². The summed E-state index contributed by atoms with van der Waals surface area (Å²) in [6, 6.07) is 7.44. The number of amides is 2. The van der Waals surface area contributed by atoms with Crippen molar-refractivity contribution in [3.63, 3.8) is 0 Å². The van der Waals surface area contributed by atoms with Gasteiger partial charge in [-0.3, -0.25) is 9.59 Å². The second kappa shape index (κ2) is 8.11. The molecule has 0 aliphatic carbocycles. The Morgan fingerprint density at radius 1 is 1.18 bits per heavy atom. The van der Waals surface area contributed by atoms with Gasteiger partial charge in [0.25, 0.3) is 5.91 Å². The minimum atomic E-state index is -3.42. The molecule has 28 heavy (non-hydrogen) atoms. The first kappa shape index (κ1) is 20.0. The SMILES string of the molecule is Cc1onc(-c2ccccc2)c1C(=O)N[C@H]1CS(=O)(=O)C[C@H]1NC(=O)CCO. The van der Waals surface area contributed by atoms with Crippen LogP contribution >= 0.6 is 0 Å². The summed E-state index contributed by atoms with van der Waals surface area (Å²) in [6.07, 6.45) is -0.139. The van der Waals surface area contributed by atoms with E-state index in [0.717, 1.165) is 0 Å². The molecule has 2 amide bonds. The largest absolute Gasteiger partial charge is 0.396 e. The molecular formula is C18H21N3O6S. The number of carbonyl (C=O) groups excluding carboxylic acids is 2. The lowest BCUT2D eigenvalue weighted by atomic mass is 10.0. The number of aromatic nitrogens is 1. The van der Waals surface area contributed by atoms with Crippen molar-refractivity contribution in [3.8, 4) is 11.3 Å². The van der Waals surface area contributed by atoms with Crippen molar-refractivity contribution >= 4 is 21.7 Å². The van der Waals surface area contributed by atoms with Gasteiger partial charge in [-0.1, -0.05) is 35.5 Å². The molecule has 1 saturated heterocycles. The second-order valence-electron chi connectivity index (χ2n) is 6.63. The Morgan fingerprint density at radius 3 is 2.46 bits per heavy atom. The fourth-order valence-electron chi connectivity index (χ4n) is 3.19. The average molecular weight is 407 g/mol. The lowest BCUT2D eigenvalue weighted by Crippen LogP contribution is -2.51. The standard InChI is InChI=1S/C18H21N3O6S/c1-11-16(17(21-27-11)12-5-3-2-4-6-12)18(24)20-14-10-28(25,26)9-13(14)19-15(23)7-8-22/h2-6,13-14,22H,7-10H2,1H3,(H,19,23)(H,20,24)/t13-,14+/m1/s1. The molecular weight excluding hydrogens is 386 g/mol. The van der Waals surface area contributed by atoms with E-state index < -0.39 is 33.7 Å². The van der Waals surface area contributed by atoms with E-state index in [1.54, 1.807) is 31.2 Å². The molecule has 2 aromatic rings. The van der Waals surface area contributed by atoms with Crippen LogP contribution in [-0.4, -0.2) is 60.7 Å². The Morgan fingerprint density at radius 2 is 1.82 bits per heavy atom. The van der Waals surface area contributed by atoms with Crippen molar-refractivity contribution < 1.29 is 27.6 Å². The zero-order valence-corrected chi connectivity index (χ0v) is 16.0. The van der Waals surface area contributed by atoms with E-state index in [0.29, 0.717) is 17.0 Å². The van der Waals surface area contributed by atoms with Crippen LogP contribution in [0.3, 0.4) is 0 Å². The molecule has 10 heteroatoms. The molecule has 1 aliphatic heterocycles. The molecule has 3 rings (SSSR count). The van der Waals surface area contributed by atoms with E-state index in [9.17, 15) is 18.0 Å². The molecule has 0 radical (unpaired) electrons. The van der Waals surface area contributed by atoms with Crippen molar-refractivity contribution in [2.75, 3.05) is 18.1 Å². The number of aliphatic hydroxyl groups is 1. The number of hydrogen-bond acceptors (Lipinski definition) is 7. The zero-order chi connectivity index (χ0) is 20.3. The van der Waals surface area contributed by atoms with Crippen LogP contribution in [0.1, 0.15) is 22.5 Å². The summed E-state index contributed by atoms with van der Waals surface area (Å²) in [5.41, 5.74) is 1.27. The number of sulfone groups is 1. The van der Waals surface area contributed by atoms with E-state index in [2.05, 4.69) is 15.8 Å². The van der Waals surface area contributed by atoms with Crippen molar-refractivity contribution in [1.29, 1.82) is 0 Å². The van der Waals surface area contributed by atoms with Crippen LogP contribution in [0.15, 0.2) is 34.9 Å². The third kappa shape index (κ3) is 4.39. The molecule has 9 nitrogen and oxygen atoms in total. The molecule has 2 heterocycles. The minimum Gasteiger partial charge on any atom is -0.396 e. The van der Waals surface area contributed by atoms with Gasteiger partial charge in [-0.05, 0) is 6.92 Å². The molecule has 1 fully saturated rings. The van der Waals surface area contributed by atoms with Gasteiger partial charge in [0.2, 0.25) is 5.91 Å². The summed E-state index contributed by atoms with van der Waals surface area (Å²) in [6.45, 7) is 1.25. The number of benzene rings is 1. The topological polar surface area (TPSA) is 139 Å². The molecule has 150 valence electrons. The lowest BCUT2D eigenvalue weighted by molar-refractivity contribution is -0.122. The maximum absolute atomic E-state index is 12.9. The van der Waals surface area contributed by atoms with E-state index in [-0.39, 0.29) is 30.1 Å². The number of aliphatic hydroxyl groups excluding tert-OH is 1. The van der Waals surface area contributed by atoms with Crippen LogP contribution in [-0.2, 0) is 14.6 Å². The quantitative estimate of drug-likeness (QED) is 0.615. The van der Waals surface area contributed by atoms with Crippen LogP contribution in [0.5, 0.6) is 0 Å². The number of aryl methyl sites for hydroxylation is 1. The molecule has 0 bridgehead atoms. The van der Waals surface area contributed by atoms with Crippen molar-refractivity contribution in [2.24, 2.45) is 0 Å². The van der Waals surface area contributed by atoms with Crippen LogP contribution in [0.2, 0.25) is 0 Å². The highest BCUT2D eigenvalue weighted by Gasteiger charge is 2.40. The normalized spacial score (nSPS) is 20.6. The van der Waals surface area contributed by atoms with Crippen LogP contribution in [0.25, 0.3) is 11.3 Å². The molecule has 0 unspecified atom stereocenters. The fraction of sp³-hybridized carbons (Fsp3) is 0.389. The predicted molar refractivity (Wildman–Crippen MR) is 100 cm³/mol. The van der Waals surface area contributed by atoms with Crippen molar-refractivity contribution in [3.05, 3.63) is 41.7 Å². The number of nitrogens with one attached hydrogen (secondary N) is 2. The third-order valence-corrected chi connectivity index (χ3v) is 6.23. The molecule has 2 atom stereocenters. The Balaban J connectivity index is 1.82. The number of hydrogen-bond donors (Lipinski definition) is 3. The van der Waals surface area contributed by atoms with Gasteiger partial charge in [-0.15, -0.1) is 0 Å². The summed E-state index contributed by atoms with van der Waals surface area (Å²) in [5, 5.41) is 18.1. The van der Waals surface area contributed by atoms with Crippen molar-refractivity contribution in [2.45, 2.75) is 25.4 Å². The number of carbonyl (C=O) groups is 2. The minimum absolute atomic E-state index is 0.139. The van der Waals surface area contributed by atoms with E-state index >= 15 is 0 Å². The Bertz CT molecular complexity index is 970. The maximum Gasteiger partial charge on any atom is 0.257 e.